The van der Waals surface area contributed by atoms with Gasteiger partial charge in [0.15, 0.2) is 0 Å². The molecular weight excluding hydrogens is 522 g/mol. The Labute approximate surface area is 246 Å². The van der Waals surface area contributed by atoms with Gasteiger partial charge in [0.1, 0.15) is 11.2 Å². The number of hydrogen-bond acceptors (Lipinski definition) is 2. The van der Waals surface area contributed by atoms with E-state index in [-0.39, 0.29) is 0 Å². The Bertz CT molecular complexity index is 2720. The van der Waals surface area contributed by atoms with Crippen LogP contribution in [-0.4, -0.2) is 4.98 Å². The summed E-state index contributed by atoms with van der Waals surface area (Å²) in [4.78, 5) is 4.68. The van der Waals surface area contributed by atoms with Gasteiger partial charge < -0.3 is 4.42 Å². The molecule has 0 N–H and O–H groups in total. The largest absolute Gasteiger partial charge is 0.455 e. The zero-order chi connectivity index (χ0) is 28.1. The van der Waals surface area contributed by atoms with Crippen LogP contribution in [0.4, 0.5) is 0 Å². The fourth-order valence-corrected chi connectivity index (χ4v) is 7.38. The summed E-state index contributed by atoms with van der Waals surface area (Å²) in [5, 5.41) is 15.1. The summed E-state index contributed by atoms with van der Waals surface area (Å²) in [7, 11) is 0. The molecule has 8 aromatic carbocycles. The molecule has 0 spiro atoms. The molecule has 0 unspecified atom stereocenters. The highest BCUT2D eigenvalue weighted by Crippen LogP contribution is 2.47. The summed E-state index contributed by atoms with van der Waals surface area (Å²) in [6.07, 6.45) is 1.86. The van der Waals surface area contributed by atoms with E-state index in [2.05, 4.69) is 126 Å². The summed E-state index contributed by atoms with van der Waals surface area (Å²) in [6.45, 7) is 0. The number of rotatable bonds is 2. The average molecular weight is 546 g/mol. The summed E-state index contributed by atoms with van der Waals surface area (Å²) in [5.74, 6) is 0. The number of benzene rings is 8. The van der Waals surface area contributed by atoms with E-state index in [9.17, 15) is 0 Å². The van der Waals surface area contributed by atoms with Gasteiger partial charge in [0.2, 0.25) is 0 Å². The molecule has 0 saturated heterocycles. The van der Waals surface area contributed by atoms with Gasteiger partial charge in [0.05, 0.1) is 5.69 Å². The molecule has 0 aliphatic carbocycles. The smallest absolute Gasteiger partial charge is 0.143 e. The van der Waals surface area contributed by atoms with Crippen LogP contribution in [0, 0.1) is 0 Å². The zero-order valence-electron chi connectivity index (χ0n) is 23.1. The minimum absolute atomic E-state index is 0.915. The molecule has 0 saturated carbocycles. The lowest BCUT2D eigenvalue weighted by Gasteiger charge is -2.19. The van der Waals surface area contributed by atoms with Crippen molar-refractivity contribution in [3.05, 3.63) is 140 Å². The Morgan fingerprint density at radius 3 is 1.81 bits per heavy atom. The zero-order valence-corrected chi connectivity index (χ0v) is 23.1. The van der Waals surface area contributed by atoms with Crippen LogP contribution < -0.4 is 0 Å². The number of pyridine rings is 1. The number of para-hydroxylation sites is 2. The van der Waals surface area contributed by atoms with Crippen LogP contribution in [0.15, 0.2) is 144 Å². The summed E-state index contributed by atoms with van der Waals surface area (Å²) >= 11 is 0. The molecule has 2 heteroatoms. The van der Waals surface area contributed by atoms with E-state index < -0.39 is 0 Å². The fraction of sp³-hybridized carbons (Fsp3) is 0. The average Bonchev–Trinajstić information content (AvgIpc) is 3.47. The maximum absolute atomic E-state index is 6.53. The first-order valence-corrected chi connectivity index (χ1v) is 14.7. The Kier molecular flexibility index (Phi) is 4.48. The van der Waals surface area contributed by atoms with Crippen molar-refractivity contribution in [2.45, 2.75) is 0 Å². The number of furan rings is 1. The maximum Gasteiger partial charge on any atom is 0.143 e. The van der Waals surface area contributed by atoms with Crippen LogP contribution in [0.5, 0.6) is 0 Å². The third-order valence-corrected chi connectivity index (χ3v) is 9.24. The highest BCUT2D eigenvalue weighted by Gasteiger charge is 2.20. The first-order valence-electron chi connectivity index (χ1n) is 14.7. The van der Waals surface area contributed by atoms with Crippen molar-refractivity contribution in [2.75, 3.05) is 0 Å². The molecule has 0 bridgehead atoms. The highest BCUT2D eigenvalue weighted by atomic mass is 16.3. The van der Waals surface area contributed by atoms with Crippen molar-refractivity contribution >= 4 is 75.8 Å². The van der Waals surface area contributed by atoms with Crippen molar-refractivity contribution in [3.8, 4) is 22.4 Å². The predicted molar refractivity (Wildman–Crippen MR) is 181 cm³/mol. The molecule has 2 nitrogen and oxygen atoms in total. The molecule has 0 atom stereocenters. The molecular formula is C41H23NO. The van der Waals surface area contributed by atoms with Crippen LogP contribution in [0.3, 0.4) is 0 Å². The normalized spacial score (nSPS) is 12.2. The minimum Gasteiger partial charge on any atom is -0.455 e. The summed E-state index contributed by atoms with van der Waals surface area (Å²) in [6, 6.07) is 48.1. The molecule has 43 heavy (non-hydrogen) atoms. The van der Waals surface area contributed by atoms with E-state index in [0.717, 1.165) is 44.3 Å². The molecule has 0 fully saturated rings. The van der Waals surface area contributed by atoms with Crippen molar-refractivity contribution < 1.29 is 4.42 Å². The second kappa shape index (κ2) is 8.40. The third kappa shape index (κ3) is 3.10. The first kappa shape index (κ1) is 22.9. The van der Waals surface area contributed by atoms with Gasteiger partial charge in [0.25, 0.3) is 0 Å². The monoisotopic (exact) mass is 545 g/mol. The van der Waals surface area contributed by atoms with E-state index in [4.69, 9.17) is 4.42 Å². The van der Waals surface area contributed by atoms with E-state index >= 15 is 0 Å². The number of nitrogens with zero attached hydrogens (tertiary/aromatic N) is 1. The number of aromatic nitrogens is 1. The predicted octanol–water partition coefficient (Wildman–Crippen LogP) is 11.5. The van der Waals surface area contributed by atoms with Crippen LogP contribution in [0.2, 0.25) is 0 Å². The fourth-order valence-electron chi connectivity index (χ4n) is 7.38. The third-order valence-electron chi connectivity index (χ3n) is 9.24. The van der Waals surface area contributed by atoms with Gasteiger partial charge in [-0.25, -0.2) is 0 Å². The van der Waals surface area contributed by atoms with Crippen molar-refractivity contribution in [2.24, 2.45) is 0 Å². The topological polar surface area (TPSA) is 26.0 Å². The van der Waals surface area contributed by atoms with Crippen molar-refractivity contribution in [1.82, 2.24) is 4.98 Å². The van der Waals surface area contributed by atoms with Crippen molar-refractivity contribution in [3.63, 3.8) is 0 Å². The van der Waals surface area contributed by atoms with Gasteiger partial charge in [-0.05, 0) is 95.8 Å². The maximum atomic E-state index is 6.53. The number of hydrogen-bond donors (Lipinski definition) is 0. The van der Waals surface area contributed by atoms with E-state index in [1.54, 1.807) is 0 Å². The molecule has 0 radical (unpaired) electrons. The molecule has 198 valence electrons. The van der Waals surface area contributed by atoms with Gasteiger partial charge in [0, 0.05) is 28.1 Å². The molecule has 10 aromatic rings. The highest BCUT2D eigenvalue weighted by molar-refractivity contribution is 6.40. The van der Waals surface area contributed by atoms with Crippen LogP contribution >= 0.6 is 0 Å². The Balaban J connectivity index is 1.42. The standard InChI is InChI=1S/C41H23NO/c1-2-10-28-27(9-1)31-13-8-14-32-29-19-18-24(37-16-5-6-20-42-37)21-34(29)36-23-25(22-35(28)40(36)39(31)32)26-12-7-15-33-30-11-3-4-17-38(30)43-41(26)33/h1-23H. The second-order valence-corrected chi connectivity index (χ2v) is 11.5. The van der Waals surface area contributed by atoms with E-state index in [1.807, 2.05) is 18.3 Å². The van der Waals surface area contributed by atoms with Crippen LogP contribution in [0.1, 0.15) is 0 Å². The Morgan fingerprint density at radius 2 is 1.00 bits per heavy atom. The van der Waals surface area contributed by atoms with Crippen LogP contribution in [0.25, 0.3) is 98.2 Å². The molecule has 0 aliphatic heterocycles. The number of fused-ring (bicyclic) bond motifs is 9. The van der Waals surface area contributed by atoms with Crippen molar-refractivity contribution in [1.29, 1.82) is 0 Å². The van der Waals surface area contributed by atoms with Crippen LogP contribution in [-0.2, 0) is 0 Å². The van der Waals surface area contributed by atoms with E-state index in [0.29, 0.717) is 0 Å². The lowest BCUT2D eigenvalue weighted by Crippen LogP contribution is -1.92. The van der Waals surface area contributed by atoms with Gasteiger partial charge in [-0.3, -0.25) is 4.98 Å². The Morgan fingerprint density at radius 1 is 0.395 bits per heavy atom. The van der Waals surface area contributed by atoms with Gasteiger partial charge in [-0.15, -0.1) is 0 Å². The second-order valence-electron chi connectivity index (χ2n) is 11.5. The lowest BCUT2D eigenvalue weighted by molar-refractivity contribution is 0.670. The van der Waals surface area contributed by atoms with Gasteiger partial charge in [-0.2, -0.15) is 0 Å². The molecule has 2 heterocycles. The SMILES string of the molecule is c1ccc(-c2ccc3c(c2)c2cc(-c4cccc5c4oc4ccccc45)cc4c5ccccc5c5cccc3c5c42)nc1. The molecule has 10 rings (SSSR count). The van der Waals surface area contributed by atoms with Gasteiger partial charge in [-0.1, -0.05) is 97.1 Å². The quantitative estimate of drug-likeness (QED) is 0.159. The minimum atomic E-state index is 0.915. The Hall–Kier alpha value is -5.73. The summed E-state index contributed by atoms with van der Waals surface area (Å²) in [5.41, 5.74) is 6.21. The van der Waals surface area contributed by atoms with E-state index in [1.165, 1.54) is 53.9 Å². The molecule has 0 amide bonds. The molecule has 0 aliphatic rings. The van der Waals surface area contributed by atoms with Gasteiger partial charge >= 0.3 is 0 Å². The first-order chi connectivity index (χ1) is 21.3. The lowest BCUT2D eigenvalue weighted by atomic mass is 9.84. The summed E-state index contributed by atoms with van der Waals surface area (Å²) < 4.78 is 6.53. The molecule has 2 aromatic heterocycles.